The standard InChI is InChI=1S/C10H7O7S2/c11-9-4-7-3-8(18(12,13)14)2-1-6(7)5-10(9)19(15,16)17/h1-3,5,11H,(H,12,13,14)(H,15,16,17). The number of aromatic hydroxyl groups is 1. The van der Waals surface area contributed by atoms with Gasteiger partial charge in [0.25, 0.3) is 20.2 Å². The zero-order chi connectivity index (χ0) is 14.4. The van der Waals surface area contributed by atoms with Crippen LogP contribution in [0.2, 0.25) is 0 Å². The van der Waals surface area contributed by atoms with E-state index in [1.165, 1.54) is 6.07 Å². The number of rotatable bonds is 2. The van der Waals surface area contributed by atoms with Crippen molar-refractivity contribution < 1.29 is 31.0 Å². The molecule has 0 saturated carbocycles. The molecule has 0 spiro atoms. The predicted molar refractivity (Wildman–Crippen MR) is 64.1 cm³/mol. The first kappa shape index (κ1) is 13.7. The van der Waals surface area contributed by atoms with Gasteiger partial charge >= 0.3 is 0 Å². The van der Waals surface area contributed by atoms with E-state index in [-0.39, 0.29) is 10.8 Å². The van der Waals surface area contributed by atoms with Crippen LogP contribution in [-0.4, -0.2) is 31.0 Å². The number of phenolic OH excluding ortho intramolecular Hbond substituents is 1. The molecule has 9 heteroatoms. The fourth-order valence-corrected chi connectivity index (χ4v) is 2.60. The molecule has 0 saturated heterocycles. The molecule has 3 N–H and O–H groups in total. The van der Waals surface area contributed by atoms with Crippen LogP contribution in [0.3, 0.4) is 0 Å². The molecule has 2 aromatic carbocycles. The normalized spacial score (nSPS) is 12.7. The van der Waals surface area contributed by atoms with Gasteiger partial charge in [0.1, 0.15) is 10.6 Å². The molecule has 7 nitrogen and oxygen atoms in total. The Hall–Kier alpha value is -1.68. The fourth-order valence-electron chi connectivity index (χ4n) is 1.53. The summed E-state index contributed by atoms with van der Waals surface area (Å²) in [6, 6.07) is 6.46. The summed E-state index contributed by atoms with van der Waals surface area (Å²) in [4.78, 5) is -1.16. The van der Waals surface area contributed by atoms with E-state index in [2.05, 4.69) is 6.07 Å². The van der Waals surface area contributed by atoms with Crippen LogP contribution < -0.4 is 0 Å². The second kappa shape index (κ2) is 4.17. The Kier molecular flexibility index (Phi) is 3.01. The van der Waals surface area contributed by atoms with Crippen LogP contribution in [0.15, 0.2) is 34.1 Å². The van der Waals surface area contributed by atoms with Crippen LogP contribution in [-0.2, 0) is 20.2 Å². The minimum Gasteiger partial charge on any atom is -0.506 e. The number of phenols is 1. The second-order valence-corrected chi connectivity index (χ2v) is 6.49. The maximum absolute atomic E-state index is 11.0. The third-order valence-corrected chi connectivity index (χ3v) is 4.09. The molecule has 0 heterocycles. The van der Waals surface area contributed by atoms with Crippen molar-refractivity contribution in [2.24, 2.45) is 0 Å². The van der Waals surface area contributed by atoms with E-state index in [0.29, 0.717) is 0 Å². The first-order valence-corrected chi connectivity index (χ1v) is 7.61. The van der Waals surface area contributed by atoms with Gasteiger partial charge in [0.05, 0.1) is 4.90 Å². The maximum atomic E-state index is 11.0. The Bertz CT molecular complexity index is 866. The Morgan fingerprint density at radius 3 is 2.11 bits per heavy atom. The molecule has 0 bridgehead atoms. The molecule has 2 rings (SSSR count). The molecule has 0 aliphatic carbocycles. The highest BCUT2D eigenvalue weighted by Crippen LogP contribution is 2.29. The Morgan fingerprint density at radius 2 is 1.58 bits per heavy atom. The molecule has 101 valence electrons. The third-order valence-electron chi connectivity index (χ3n) is 2.37. The summed E-state index contributed by atoms with van der Waals surface area (Å²) in [5.41, 5.74) is 0. The molecule has 0 aliphatic heterocycles. The largest absolute Gasteiger partial charge is 0.506 e. The predicted octanol–water partition coefficient (Wildman–Crippen LogP) is 0.839. The molecule has 19 heavy (non-hydrogen) atoms. The van der Waals surface area contributed by atoms with Gasteiger partial charge in [-0.25, -0.2) is 0 Å². The zero-order valence-corrected chi connectivity index (χ0v) is 10.7. The molecule has 0 atom stereocenters. The smallest absolute Gasteiger partial charge is 0.298 e. The Balaban J connectivity index is 2.80. The molecular weight excluding hydrogens is 296 g/mol. The van der Waals surface area contributed by atoms with Gasteiger partial charge in [-0.3, -0.25) is 9.11 Å². The van der Waals surface area contributed by atoms with Crippen LogP contribution >= 0.6 is 0 Å². The Labute approximate surface area is 108 Å². The minimum atomic E-state index is -4.61. The molecule has 0 aliphatic rings. The lowest BCUT2D eigenvalue weighted by Gasteiger charge is -2.05. The van der Waals surface area contributed by atoms with Crippen molar-refractivity contribution >= 4 is 31.0 Å². The number of fused-ring (bicyclic) bond motifs is 1. The van der Waals surface area contributed by atoms with Crippen LogP contribution in [0.1, 0.15) is 0 Å². The molecule has 2 aromatic rings. The van der Waals surface area contributed by atoms with E-state index in [9.17, 15) is 21.9 Å². The summed E-state index contributed by atoms with van der Waals surface area (Å²) in [6.45, 7) is 0. The van der Waals surface area contributed by atoms with Crippen molar-refractivity contribution in [2.75, 3.05) is 0 Å². The van der Waals surface area contributed by atoms with Crippen molar-refractivity contribution in [3.05, 3.63) is 30.3 Å². The van der Waals surface area contributed by atoms with Gasteiger partial charge < -0.3 is 5.11 Å². The molecule has 1 radical (unpaired) electrons. The average Bonchev–Trinajstić information content (AvgIpc) is 2.24. The molecule has 0 unspecified atom stereocenters. The quantitative estimate of drug-likeness (QED) is 0.701. The van der Waals surface area contributed by atoms with Gasteiger partial charge in [-0.2, -0.15) is 16.8 Å². The fraction of sp³-hybridized carbons (Fsp3) is 0. The average molecular weight is 303 g/mol. The first-order chi connectivity index (χ1) is 8.59. The zero-order valence-electron chi connectivity index (χ0n) is 9.10. The number of benzene rings is 2. The second-order valence-electron chi connectivity index (χ2n) is 3.68. The van der Waals surface area contributed by atoms with Crippen LogP contribution in [0, 0.1) is 6.07 Å². The van der Waals surface area contributed by atoms with Crippen molar-refractivity contribution in [2.45, 2.75) is 9.79 Å². The highest BCUT2D eigenvalue weighted by molar-refractivity contribution is 7.86. The molecular formula is C10H7O7S2. The maximum Gasteiger partial charge on any atom is 0.298 e. The number of hydrogen-bond donors (Lipinski definition) is 3. The third kappa shape index (κ3) is 2.68. The minimum absolute atomic E-state index is 0.0695. The van der Waals surface area contributed by atoms with E-state index in [0.717, 1.165) is 18.2 Å². The molecule has 0 aromatic heterocycles. The summed E-state index contributed by atoms with van der Waals surface area (Å²) in [7, 11) is -9.03. The lowest BCUT2D eigenvalue weighted by Crippen LogP contribution is -2.00. The van der Waals surface area contributed by atoms with Crippen LogP contribution in [0.25, 0.3) is 10.8 Å². The van der Waals surface area contributed by atoms with Crippen molar-refractivity contribution in [1.29, 1.82) is 0 Å². The molecule has 0 amide bonds. The van der Waals surface area contributed by atoms with E-state index >= 15 is 0 Å². The highest BCUT2D eigenvalue weighted by Gasteiger charge is 2.18. The van der Waals surface area contributed by atoms with Gasteiger partial charge in [0, 0.05) is 6.07 Å². The van der Waals surface area contributed by atoms with Gasteiger partial charge in [-0.15, -0.1) is 0 Å². The monoisotopic (exact) mass is 303 g/mol. The van der Waals surface area contributed by atoms with Gasteiger partial charge in [-0.05, 0) is 29.0 Å². The van der Waals surface area contributed by atoms with E-state index in [1.807, 2.05) is 0 Å². The molecule has 0 fully saturated rings. The van der Waals surface area contributed by atoms with E-state index in [1.54, 1.807) is 0 Å². The SMILES string of the molecule is O=S(=O)(O)c1ccc2cc(S(=O)(=O)O)c(O)[c]c2c1. The van der Waals surface area contributed by atoms with Crippen molar-refractivity contribution in [3.8, 4) is 5.75 Å². The van der Waals surface area contributed by atoms with Gasteiger partial charge in [0.2, 0.25) is 0 Å². The summed E-state index contributed by atoms with van der Waals surface area (Å²) in [6.07, 6.45) is 0. The first-order valence-electron chi connectivity index (χ1n) is 4.73. The summed E-state index contributed by atoms with van der Waals surface area (Å²) < 4.78 is 61.5. The van der Waals surface area contributed by atoms with Crippen LogP contribution in [0.4, 0.5) is 0 Å². The van der Waals surface area contributed by atoms with E-state index < -0.39 is 35.8 Å². The van der Waals surface area contributed by atoms with Gasteiger partial charge in [0.15, 0.2) is 0 Å². The Morgan fingerprint density at radius 1 is 0.947 bits per heavy atom. The topological polar surface area (TPSA) is 129 Å². The van der Waals surface area contributed by atoms with E-state index in [4.69, 9.17) is 9.11 Å². The van der Waals surface area contributed by atoms with Crippen molar-refractivity contribution in [1.82, 2.24) is 0 Å². The summed E-state index contributed by atoms with van der Waals surface area (Å²) >= 11 is 0. The highest BCUT2D eigenvalue weighted by atomic mass is 32.2. The van der Waals surface area contributed by atoms with Gasteiger partial charge in [-0.1, -0.05) is 6.07 Å². The lowest BCUT2D eigenvalue weighted by molar-refractivity contribution is 0.443. The lowest BCUT2D eigenvalue weighted by atomic mass is 10.1. The van der Waals surface area contributed by atoms with Crippen LogP contribution in [0.5, 0.6) is 5.75 Å². The summed E-state index contributed by atoms with van der Waals surface area (Å²) in [5.74, 6) is -0.845. The number of hydrogen-bond acceptors (Lipinski definition) is 5. The summed E-state index contributed by atoms with van der Waals surface area (Å²) in [5, 5.41) is 9.72. The van der Waals surface area contributed by atoms with Crippen molar-refractivity contribution in [3.63, 3.8) is 0 Å².